The monoisotopic (exact) mass is 316 g/mol. The zero-order chi connectivity index (χ0) is 15.7. The van der Waals surface area contributed by atoms with Crippen molar-refractivity contribution in [2.24, 2.45) is 0 Å². The third-order valence-corrected chi connectivity index (χ3v) is 4.35. The highest BCUT2D eigenvalue weighted by Gasteiger charge is 2.15. The normalized spacial score (nSPS) is 11.6. The second-order valence-electron chi connectivity index (χ2n) is 4.45. The van der Waals surface area contributed by atoms with Crippen molar-refractivity contribution in [3.8, 4) is 5.75 Å². The molecule has 6 nitrogen and oxygen atoms in total. The van der Waals surface area contributed by atoms with Gasteiger partial charge in [-0.15, -0.1) is 0 Å². The van der Waals surface area contributed by atoms with Crippen LogP contribution in [0.2, 0.25) is 0 Å². The van der Waals surface area contributed by atoms with E-state index in [2.05, 4.69) is 10.0 Å². The van der Waals surface area contributed by atoms with Gasteiger partial charge in [-0.05, 0) is 38.6 Å². The Bertz CT molecular complexity index is 532. The summed E-state index contributed by atoms with van der Waals surface area (Å²) in [5.74, 6) is 0.666. The average molecular weight is 316 g/mol. The molecule has 0 heterocycles. The first kappa shape index (κ1) is 17.9. The third-order valence-electron chi connectivity index (χ3n) is 2.89. The van der Waals surface area contributed by atoms with Crippen LogP contribution >= 0.6 is 0 Å². The predicted octanol–water partition coefficient (Wildman–Crippen LogP) is 1.12. The summed E-state index contributed by atoms with van der Waals surface area (Å²) in [6.07, 6.45) is 0.645. The smallest absolute Gasteiger partial charge is 0.240 e. The number of ether oxygens (including phenoxy) is 2. The van der Waals surface area contributed by atoms with E-state index in [4.69, 9.17) is 9.47 Å². The topological polar surface area (TPSA) is 76.7 Å². The van der Waals surface area contributed by atoms with E-state index in [9.17, 15) is 8.42 Å². The minimum absolute atomic E-state index is 0.241. The van der Waals surface area contributed by atoms with Gasteiger partial charge in [-0.1, -0.05) is 0 Å². The summed E-state index contributed by atoms with van der Waals surface area (Å²) in [4.78, 5) is 0.241. The molecule has 0 aliphatic carbocycles. The Morgan fingerprint density at radius 3 is 2.67 bits per heavy atom. The van der Waals surface area contributed by atoms with Crippen LogP contribution in [0.1, 0.15) is 18.9 Å². The van der Waals surface area contributed by atoms with Crippen LogP contribution in [0.4, 0.5) is 0 Å². The molecule has 0 bridgehead atoms. The van der Waals surface area contributed by atoms with Crippen molar-refractivity contribution in [3.05, 3.63) is 23.8 Å². The molecule has 0 fully saturated rings. The molecule has 1 rings (SSSR count). The molecule has 1 aromatic rings. The van der Waals surface area contributed by atoms with Crippen LogP contribution in [0.15, 0.2) is 23.1 Å². The molecule has 0 amide bonds. The van der Waals surface area contributed by atoms with E-state index in [-0.39, 0.29) is 4.90 Å². The Balaban J connectivity index is 2.76. The number of methoxy groups -OCH3 is 1. The summed E-state index contributed by atoms with van der Waals surface area (Å²) in [5.41, 5.74) is 0.803. The van der Waals surface area contributed by atoms with Gasteiger partial charge in [0.15, 0.2) is 0 Å². The highest BCUT2D eigenvalue weighted by molar-refractivity contribution is 7.89. The second-order valence-corrected chi connectivity index (χ2v) is 6.22. The van der Waals surface area contributed by atoms with Crippen LogP contribution in [-0.2, 0) is 21.3 Å². The molecule has 0 saturated carbocycles. The molecule has 1 aromatic carbocycles. The van der Waals surface area contributed by atoms with Crippen LogP contribution < -0.4 is 14.8 Å². The molecular formula is C14H24N2O4S. The standard InChI is InChI=1S/C14H24N2O4S/c1-4-20-9-5-8-16-21(17,18)13-6-7-14(19-3)12(10-13)11-15-2/h6-7,10,15-16H,4-5,8-9,11H2,1-3H3. The fourth-order valence-corrected chi connectivity index (χ4v) is 2.98. The van der Waals surface area contributed by atoms with Crippen molar-refractivity contribution >= 4 is 10.0 Å². The van der Waals surface area contributed by atoms with Gasteiger partial charge in [0.1, 0.15) is 5.75 Å². The van der Waals surface area contributed by atoms with Crippen LogP contribution in [0.5, 0.6) is 5.75 Å². The molecule has 0 atom stereocenters. The van der Waals surface area contributed by atoms with Gasteiger partial charge < -0.3 is 14.8 Å². The lowest BCUT2D eigenvalue weighted by molar-refractivity contribution is 0.146. The minimum Gasteiger partial charge on any atom is -0.496 e. The van der Waals surface area contributed by atoms with Gasteiger partial charge in [-0.2, -0.15) is 0 Å². The van der Waals surface area contributed by atoms with Gasteiger partial charge in [0.25, 0.3) is 0 Å². The number of rotatable bonds is 10. The van der Waals surface area contributed by atoms with Crippen molar-refractivity contribution in [1.29, 1.82) is 0 Å². The maximum Gasteiger partial charge on any atom is 0.240 e. The van der Waals surface area contributed by atoms with Crippen molar-refractivity contribution in [2.45, 2.75) is 24.8 Å². The second kappa shape index (κ2) is 8.99. The summed E-state index contributed by atoms with van der Waals surface area (Å²) in [7, 11) is -0.140. The van der Waals surface area contributed by atoms with Crippen molar-refractivity contribution in [1.82, 2.24) is 10.0 Å². The number of nitrogens with one attached hydrogen (secondary N) is 2. The number of hydrogen-bond donors (Lipinski definition) is 2. The summed E-state index contributed by atoms with van der Waals surface area (Å²) in [5, 5.41) is 2.99. The van der Waals surface area contributed by atoms with Gasteiger partial charge in [0, 0.05) is 31.9 Å². The summed E-state index contributed by atoms with van der Waals surface area (Å²) in [6, 6.07) is 4.84. The predicted molar refractivity (Wildman–Crippen MR) is 82.1 cm³/mol. The van der Waals surface area contributed by atoms with E-state index in [0.717, 1.165) is 5.56 Å². The van der Waals surface area contributed by atoms with E-state index in [1.54, 1.807) is 32.4 Å². The zero-order valence-corrected chi connectivity index (χ0v) is 13.6. The minimum atomic E-state index is -3.50. The van der Waals surface area contributed by atoms with Crippen LogP contribution in [0.3, 0.4) is 0 Å². The van der Waals surface area contributed by atoms with E-state index in [1.165, 1.54) is 0 Å². The average Bonchev–Trinajstić information content (AvgIpc) is 2.47. The largest absolute Gasteiger partial charge is 0.496 e. The van der Waals surface area contributed by atoms with Gasteiger partial charge in [-0.3, -0.25) is 0 Å². The van der Waals surface area contributed by atoms with Gasteiger partial charge >= 0.3 is 0 Å². The molecular weight excluding hydrogens is 292 g/mol. The maximum absolute atomic E-state index is 12.2. The molecule has 120 valence electrons. The molecule has 0 aliphatic rings. The molecule has 0 unspecified atom stereocenters. The van der Waals surface area contributed by atoms with E-state index in [0.29, 0.717) is 38.5 Å². The van der Waals surface area contributed by atoms with Crippen LogP contribution in [0, 0.1) is 0 Å². The lowest BCUT2D eigenvalue weighted by atomic mass is 10.2. The van der Waals surface area contributed by atoms with Gasteiger partial charge in [0.05, 0.1) is 12.0 Å². The first-order valence-corrected chi connectivity index (χ1v) is 8.42. The van der Waals surface area contributed by atoms with Crippen LogP contribution in [-0.4, -0.2) is 42.3 Å². The molecule has 0 radical (unpaired) electrons. The molecule has 2 N–H and O–H groups in total. The Kier molecular flexibility index (Phi) is 7.66. The molecule has 0 aliphatic heterocycles. The Morgan fingerprint density at radius 1 is 1.29 bits per heavy atom. The van der Waals surface area contributed by atoms with E-state index < -0.39 is 10.0 Å². The Morgan fingerprint density at radius 2 is 2.05 bits per heavy atom. The molecule has 0 aromatic heterocycles. The molecule has 0 spiro atoms. The lowest BCUT2D eigenvalue weighted by Gasteiger charge is -2.11. The van der Waals surface area contributed by atoms with Gasteiger partial charge in [0.2, 0.25) is 10.0 Å². The SMILES string of the molecule is CCOCCCNS(=O)(=O)c1ccc(OC)c(CNC)c1. The first-order valence-electron chi connectivity index (χ1n) is 6.94. The summed E-state index contributed by atoms with van der Waals surface area (Å²) < 4.78 is 37.4. The zero-order valence-electron chi connectivity index (χ0n) is 12.8. The molecule has 7 heteroatoms. The van der Waals surface area contributed by atoms with Gasteiger partial charge in [-0.25, -0.2) is 13.1 Å². The third kappa shape index (κ3) is 5.62. The van der Waals surface area contributed by atoms with Crippen molar-refractivity contribution < 1.29 is 17.9 Å². The quantitative estimate of drug-likeness (QED) is 0.633. The lowest BCUT2D eigenvalue weighted by Crippen LogP contribution is -2.26. The highest BCUT2D eigenvalue weighted by atomic mass is 32.2. The molecule has 0 saturated heterocycles. The van der Waals surface area contributed by atoms with E-state index >= 15 is 0 Å². The maximum atomic E-state index is 12.2. The number of benzene rings is 1. The molecule has 21 heavy (non-hydrogen) atoms. The van der Waals surface area contributed by atoms with Crippen LogP contribution in [0.25, 0.3) is 0 Å². The summed E-state index contributed by atoms with van der Waals surface area (Å²) >= 11 is 0. The fourth-order valence-electron chi connectivity index (χ4n) is 1.86. The first-order chi connectivity index (χ1) is 10.0. The van der Waals surface area contributed by atoms with Crippen molar-refractivity contribution in [2.75, 3.05) is 33.9 Å². The highest BCUT2D eigenvalue weighted by Crippen LogP contribution is 2.22. The summed E-state index contributed by atoms with van der Waals surface area (Å²) in [6.45, 7) is 3.99. The Hall–Kier alpha value is -1.15. The fraction of sp³-hybridized carbons (Fsp3) is 0.571. The number of hydrogen-bond acceptors (Lipinski definition) is 5. The number of sulfonamides is 1. The Labute approximate surface area is 126 Å². The van der Waals surface area contributed by atoms with E-state index in [1.807, 2.05) is 6.92 Å². The van der Waals surface area contributed by atoms with Crippen molar-refractivity contribution in [3.63, 3.8) is 0 Å².